The van der Waals surface area contributed by atoms with Crippen LogP contribution in [-0.4, -0.2) is 39.4 Å². The average Bonchev–Trinajstić information content (AvgIpc) is 3.66. The van der Waals surface area contributed by atoms with E-state index in [2.05, 4.69) is 10.1 Å². The number of hydrogen-bond acceptors (Lipinski definition) is 7. The maximum Gasteiger partial charge on any atom is 0.337 e. The second kappa shape index (κ2) is 10.1. The lowest BCUT2D eigenvalue weighted by Crippen LogP contribution is -2.60. The third-order valence-corrected chi connectivity index (χ3v) is 8.18. The Bertz CT molecular complexity index is 1610. The lowest BCUT2D eigenvalue weighted by molar-refractivity contribution is 0.00703. The molecule has 1 aliphatic heterocycles. The summed E-state index contributed by atoms with van der Waals surface area (Å²) < 4.78 is 11.9. The lowest BCUT2D eigenvalue weighted by atomic mass is 9.85. The smallest absolute Gasteiger partial charge is 0.337 e. The summed E-state index contributed by atoms with van der Waals surface area (Å²) in [5, 5.41) is 25.9. The number of rotatable bonds is 8. The SMILES string of the molecule is Cc1cc(C(=O)O)cnc1N1CC(O)(c2ccc(OCc3c(-c4c(C)cccc4Cl)noc3C3CC3)cc2Cl)C1. The third-order valence-electron chi connectivity index (χ3n) is 7.55. The molecule has 0 atom stereocenters. The van der Waals surface area contributed by atoms with Crippen molar-refractivity contribution in [3.63, 3.8) is 0 Å². The van der Waals surface area contributed by atoms with Crippen molar-refractivity contribution in [3.8, 4) is 17.0 Å². The van der Waals surface area contributed by atoms with Gasteiger partial charge in [0.05, 0.1) is 34.3 Å². The number of carbonyl (C=O) groups is 1. The summed E-state index contributed by atoms with van der Waals surface area (Å²) in [6.45, 7) is 4.58. The number of β-amino-alcohol motifs (C(OH)–C–C–N with tert-alkyl or cyclic N) is 1. The van der Waals surface area contributed by atoms with Gasteiger partial charge in [-0.3, -0.25) is 0 Å². The predicted octanol–water partition coefficient (Wildman–Crippen LogP) is 6.52. The van der Waals surface area contributed by atoms with Gasteiger partial charge in [-0.05, 0) is 62.1 Å². The van der Waals surface area contributed by atoms with Crippen molar-refractivity contribution in [2.75, 3.05) is 18.0 Å². The first-order chi connectivity index (χ1) is 19.1. The second-order valence-corrected chi connectivity index (χ2v) is 11.4. The van der Waals surface area contributed by atoms with Gasteiger partial charge in [0.15, 0.2) is 0 Å². The number of aromatic nitrogens is 2. The molecule has 2 aromatic heterocycles. The molecule has 1 saturated carbocycles. The first-order valence-electron chi connectivity index (χ1n) is 13.0. The van der Waals surface area contributed by atoms with E-state index >= 15 is 0 Å². The van der Waals surface area contributed by atoms with Gasteiger partial charge in [-0.2, -0.15) is 0 Å². The number of ether oxygens (including phenoxy) is 1. The molecule has 40 heavy (non-hydrogen) atoms. The van der Waals surface area contributed by atoms with Crippen LogP contribution in [0.2, 0.25) is 10.0 Å². The van der Waals surface area contributed by atoms with Crippen LogP contribution in [0, 0.1) is 13.8 Å². The molecule has 2 fully saturated rings. The summed E-state index contributed by atoms with van der Waals surface area (Å²) in [7, 11) is 0. The number of pyridine rings is 1. The number of halogens is 2. The molecule has 2 aromatic carbocycles. The van der Waals surface area contributed by atoms with Gasteiger partial charge in [0.1, 0.15) is 35.2 Å². The van der Waals surface area contributed by atoms with E-state index in [1.165, 1.54) is 6.20 Å². The fraction of sp³-hybridized carbons (Fsp3) is 0.300. The zero-order valence-electron chi connectivity index (χ0n) is 21.9. The summed E-state index contributed by atoms with van der Waals surface area (Å²) in [5.74, 6) is 1.33. The van der Waals surface area contributed by atoms with E-state index in [0.29, 0.717) is 38.8 Å². The van der Waals surface area contributed by atoms with E-state index in [-0.39, 0.29) is 25.3 Å². The zero-order chi connectivity index (χ0) is 28.2. The first-order valence-corrected chi connectivity index (χ1v) is 13.7. The highest BCUT2D eigenvalue weighted by Crippen LogP contribution is 2.46. The normalized spacial score (nSPS) is 16.1. The molecule has 0 unspecified atom stereocenters. The number of nitrogens with zero attached hydrogens (tertiary/aromatic N) is 3. The second-order valence-electron chi connectivity index (χ2n) is 10.6. The number of anilines is 1. The number of aliphatic hydroxyl groups is 1. The maximum absolute atomic E-state index is 11.3. The molecule has 10 heteroatoms. The van der Waals surface area contributed by atoms with Gasteiger partial charge >= 0.3 is 5.97 Å². The Labute approximate surface area is 241 Å². The number of carboxylic acid groups (broad SMARTS) is 1. The van der Waals surface area contributed by atoms with Gasteiger partial charge in [0.2, 0.25) is 0 Å². The first kappa shape index (κ1) is 26.6. The van der Waals surface area contributed by atoms with E-state index in [1.54, 1.807) is 31.2 Å². The number of aryl methyl sites for hydroxylation is 2. The average molecular weight is 580 g/mol. The van der Waals surface area contributed by atoms with Crippen LogP contribution in [0.25, 0.3) is 11.3 Å². The Morgan fingerprint density at radius 1 is 1.12 bits per heavy atom. The van der Waals surface area contributed by atoms with E-state index in [0.717, 1.165) is 40.9 Å². The van der Waals surface area contributed by atoms with Crippen molar-refractivity contribution < 1.29 is 24.3 Å². The third kappa shape index (κ3) is 4.80. The highest BCUT2D eigenvalue weighted by molar-refractivity contribution is 6.33. The topological polar surface area (TPSA) is 109 Å². The van der Waals surface area contributed by atoms with Gasteiger partial charge in [-0.1, -0.05) is 46.6 Å². The van der Waals surface area contributed by atoms with Crippen molar-refractivity contribution in [2.45, 2.75) is 44.8 Å². The Hall–Kier alpha value is -3.59. The molecule has 1 saturated heterocycles. The summed E-state index contributed by atoms with van der Waals surface area (Å²) in [6, 6.07) is 12.6. The molecule has 206 valence electrons. The molecule has 2 N–H and O–H groups in total. The minimum atomic E-state index is -1.17. The van der Waals surface area contributed by atoms with Crippen molar-refractivity contribution >= 4 is 35.0 Å². The fourth-order valence-corrected chi connectivity index (χ4v) is 5.95. The summed E-state index contributed by atoms with van der Waals surface area (Å²) in [4.78, 5) is 17.4. The maximum atomic E-state index is 11.3. The molecule has 0 bridgehead atoms. The van der Waals surface area contributed by atoms with Crippen molar-refractivity contribution in [2.24, 2.45) is 0 Å². The molecule has 0 spiro atoms. The van der Waals surface area contributed by atoms with Crippen molar-refractivity contribution in [1.29, 1.82) is 0 Å². The Kier molecular flexibility index (Phi) is 6.73. The van der Waals surface area contributed by atoms with Crippen LogP contribution in [0.1, 0.15) is 57.1 Å². The highest BCUT2D eigenvalue weighted by Gasteiger charge is 2.45. The number of hydrogen-bond donors (Lipinski definition) is 2. The quantitative estimate of drug-likeness (QED) is 0.243. The predicted molar refractivity (Wildman–Crippen MR) is 151 cm³/mol. The van der Waals surface area contributed by atoms with E-state index in [9.17, 15) is 15.0 Å². The van der Waals surface area contributed by atoms with Gasteiger partial charge in [0, 0.05) is 23.2 Å². The molecule has 2 aliphatic rings. The van der Waals surface area contributed by atoms with Gasteiger partial charge in [-0.15, -0.1) is 0 Å². The molecule has 3 heterocycles. The van der Waals surface area contributed by atoms with Gasteiger partial charge < -0.3 is 24.4 Å². The van der Waals surface area contributed by atoms with Crippen LogP contribution in [0.4, 0.5) is 5.82 Å². The number of carboxylic acids is 1. The Morgan fingerprint density at radius 3 is 2.55 bits per heavy atom. The summed E-state index contributed by atoms with van der Waals surface area (Å²) in [5.41, 5.74) is 3.68. The molecular formula is C30H27Cl2N3O5. The van der Waals surface area contributed by atoms with Crippen LogP contribution in [0.15, 0.2) is 53.2 Å². The van der Waals surface area contributed by atoms with Crippen molar-refractivity contribution in [3.05, 3.63) is 92.3 Å². The molecule has 0 radical (unpaired) electrons. The van der Waals surface area contributed by atoms with E-state index in [4.69, 9.17) is 32.5 Å². The van der Waals surface area contributed by atoms with E-state index in [1.807, 2.05) is 30.0 Å². The largest absolute Gasteiger partial charge is 0.489 e. The Balaban J connectivity index is 1.19. The summed E-state index contributed by atoms with van der Waals surface area (Å²) in [6.07, 6.45) is 3.43. The standard InChI is InChI=1S/C30H27Cl2N3O5/c1-16-4-3-5-23(31)25(16)26-21(27(40-34-26)18-6-7-18)13-39-20-8-9-22(24(32)11-20)30(38)14-35(15-30)28-17(2)10-19(12-33-28)29(36)37/h3-5,8-12,18,38H,6-7,13-15H2,1-2H3,(H,36,37). The zero-order valence-corrected chi connectivity index (χ0v) is 23.5. The highest BCUT2D eigenvalue weighted by atomic mass is 35.5. The minimum Gasteiger partial charge on any atom is -0.489 e. The lowest BCUT2D eigenvalue weighted by Gasteiger charge is -2.48. The number of aromatic carboxylic acids is 1. The van der Waals surface area contributed by atoms with Crippen LogP contribution >= 0.6 is 23.2 Å². The molecule has 1 aliphatic carbocycles. The van der Waals surface area contributed by atoms with Crippen LogP contribution < -0.4 is 9.64 Å². The Morgan fingerprint density at radius 2 is 1.90 bits per heavy atom. The van der Waals surface area contributed by atoms with Crippen LogP contribution in [0.5, 0.6) is 5.75 Å². The fourth-order valence-electron chi connectivity index (χ4n) is 5.30. The minimum absolute atomic E-state index is 0.125. The molecule has 6 rings (SSSR count). The molecule has 4 aromatic rings. The van der Waals surface area contributed by atoms with Crippen LogP contribution in [0.3, 0.4) is 0 Å². The van der Waals surface area contributed by atoms with Gasteiger partial charge in [0.25, 0.3) is 0 Å². The molecular weight excluding hydrogens is 553 g/mol. The van der Waals surface area contributed by atoms with Crippen molar-refractivity contribution in [1.82, 2.24) is 10.1 Å². The molecule has 0 amide bonds. The van der Waals surface area contributed by atoms with Gasteiger partial charge in [-0.25, -0.2) is 9.78 Å². The number of benzene rings is 2. The molecule has 8 nitrogen and oxygen atoms in total. The van der Waals surface area contributed by atoms with E-state index < -0.39 is 11.6 Å². The summed E-state index contributed by atoms with van der Waals surface area (Å²) >= 11 is 13.2. The van der Waals surface area contributed by atoms with Crippen LogP contribution in [-0.2, 0) is 12.2 Å². The monoisotopic (exact) mass is 579 g/mol.